The number of halogens is 2. The zero-order valence-corrected chi connectivity index (χ0v) is 13.5. The molecule has 0 amide bonds. The Morgan fingerprint density at radius 3 is 2.33 bits per heavy atom. The fourth-order valence-electron chi connectivity index (χ4n) is 1.12. The van der Waals surface area contributed by atoms with E-state index in [4.69, 9.17) is 48.6 Å². The molecule has 0 fully saturated rings. The summed E-state index contributed by atoms with van der Waals surface area (Å²) in [5, 5.41) is 0.634. The highest BCUT2D eigenvalue weighted by atomic mass is 35.5. The lowest BCUT2D eigenvalue weighted by atomic mass is 10.3. The van der Waals surface area contributed by atoms with Crippen LogP contribution >= 0.6 is 29.9 Å². The largest absolute Gasteiger partial charge is 0.404 e. The smallest absolute Gasteiger partial charge is 0.381 e. The Balaban J connectivity index is 3.01. The van der Waals surface area contributed by atoms with Crippen LogP contribution < -0.4 is 4.52 Å². The van der Waals surface area contributed by atoms with Crippen LogP contribution in [0.15, 0.2) is 6.07 Å². The number of pyridine rings is 1. The van der Waals surface area contributed by atoms with E-state index in [1.807, 2.05) is 0 Å². The minimum atomic E-state index is -2.88. The van der Waals surface area contributed by atoms with Crippen LogP contribution in [0.2, 0.25) is 10.2 Å². The molecule has 4 nitrogen and oxygen atoms in total. The summed E-state index contributed by atoms with van der Waals surface area (Å²) >= 11 is 17.2. The molecule has 0 radical (unpaired) electrons. The van der Waals surface area contributed by atoms with E-state index in [2.05, 4.69) is 4.98 Å². The zero-order valence-electron chi connectivity index (χ0n) is 10.3. The van der Waals surface area contributed by atoms with Gasteiger partial charge in [-0.1, -0.05) is 23.2 Å². The molecule has 1 aromatic heterocycles. The molecule has 1 rings (SSSR count). The van der Waals surface area contributed by atoms with Crippen molar-refractivity contribution in [1.29, 1.82) is 0 Å². The van der Waals surface area contributed by atoms with Crippen molar-refractivity contribution in [2.45, 2.75) is 20.8 Å². The van der Waals surface area contributed by atoms with E-state index in [0.717, 1.165) is 5.56 Å². The van der Waals surface area contributed by atoms with Crippen LogP contribution in [-0.2, 0) is 20.9 Å². The lowest BCUT2D eigenvalue weighted by Gasteiger charge is -2.21. The Labute approximate surface area is 122 Å². The van der Waals surface area contributed by atoms with Crippen molar-refractivity contribution in [3.63, 3.8) is 0 Å². The summed E-state index contributed by atoms with van der Waals surface area (Å²) < 4.78 is 16.2. The number of aromatic nitrogens is 1. The standard InChI is InChI=1S/C10H14Cl2NO3PS/c1-4-14-17(18,15-5-2)16-10-8(11)6-7(3)9(12)13-10/h6H,4-5H2,1-3H3. The predicted octanol–water partition coefficient (Wildman–Crippen LogP) is 4.37. The van der Waals surface area contributed by atoms with E-state index in [1.165, 1.54) is 0 Å². The maximum absolute atomic E-state index is 6.02. The molecule has 0 aliphatic heterocycles. The fraction of sp³-hybridized carbons (Fsp3) is 0.500. The van der Waals surface area contributed by atoms with Crippen molar-refractivity contribution in [3.05, 3.63) is 21.8 Å². The SMILES string of the molecule is CCOP(=S)(OCC)Oc1nc(Cl)c(C)cc1Cl. The van der Waals surface area contributed by atoms with Crippen molar-refractivity contribution >= 4 is 41.7 Å². The first-order valence-electron chi connectivity index (χ1n) is 5.33. The lowest BCUT2D eigenvalue weighted by Crippen LogP contribution is -2.03. The molecule has 0 saturated carbocycles. The number of hydrogen-bond acceptors (Lipinski definition) is 5. The minimum Gasteiger partial charge on any atom is -0.404 e. The van der Waals surface area contributed by atoms with Gasteiger partial charge in [-0.15, -0.1) is 0 Å². The molecule has 0 aliphatic rings. The van der Waals surface area contributed by atoms with E-state index < -0.39 is 6.72 Å². The van der Waals surface area contributed by atoms with Gasteiger partial charge in [0.2, 0.25) is 5.88 Å². The maximum atomic E-state index is 6.02. The Kier molecular flexibility index (Phi) is 6.31. The third-order valence-corrected chi connectivity index (χ3v) is 4.90. The summed E-state index contributed by atoms with van der Waals surface area (Å²) in [6.07, 6.45) is 0. The van der Waals surface area contributed by atoms with Gasteiger partial charge < -0.3 is 4.52 Å². The van der Waals surface area contributed by atoms with Gasteiger partial charge in [0, 0.05) is 11.8 Å². The summed E-state index contributed by atoms with van der Waals surface area (Å²) in [4.78, 5) is 4.03. The van der Waals surface area contributed by atoms with Gasteiger partial charge >= 0.3 is 6.72 Å². The van der Waals surface area contributed by atoms with E-state index in [-0.39, 0.29) is 5.88 Å². The number of nitrogens with zero attached hydrogens (tertiary/aromatic N) is 1. The molecular formula is C10H14Cl2NO3PS. The molecule has 0 unspecified atom stereocenters. The van der Waals surface area contributed by atoms with Crippen LogP contribution in [0.5, 0.6) is 5.88 Å². The summed E-state index contributed by atoms with van der Waals surface area (Å²) in [6, 6.07) is 1.66. The molecule has 102 valence electrons. The van der Waals surface area contributed by atoms with Crippen LogP contribution in [0.1, 0.15) is 19.4 Å². The van der Waals surface area contributed by atoms with Crippen LogP contribution in [0.3, 0.4) is 0 Å². The first-order chi connectivity index (χ1) is 8.41. The number of rotatable bonds is 6. The van der Waals surface area contributed by atoms with Gasteiger partial charge in [-0.25, -0.2) is 0 Å². The van der Waals surface area contributed by atoms with Crippen molar-refractivity contribution in [2.75, 3.05) is 13.2 Å². The Bertz CT molecular complexity index is 463. The second-order valence-corrected chi connectivity index (χ2v) is 6.96. The van der Waals surface area contributed by atoms with E-state index in [1.54, 1.807) is 26.8 Å². The van der Waals surface area contributed by atoms with Crippen LogP contribution in [0, 0.1) is 6.92 Å². The van der Waals surface area contributed by atoms with Crippen molar-refractivity contribution < 1.29 is 13.6 Å². The molecule has 0 aromatic carbocycles. The number of hydrogen-bond donors (Lipinski definition) is 0. The van der Waals surface area contributed by atoms with Gasteiger partial charge in [-0.2, -0.15) is 4.98 Å². The zero-order chi connectivity index (χ0) is 13.8. The van der Waals surface area contributed by atoms with Gasteiger partial charge in [0.05, 0.1) is 13.2 Å². The molecule has 0 saturated heterocycles. The third kappa shape index (κ3) is 4.34. The second-order valence-electron chi connectivity index (χ2n) is 3.26. The van der Waals surface area contributed by atoms with Crippen molar-refractivity contribution in [1.82, 2.24) is 4.98 Å². The van der Waals surface area contributed by atoms with Gasteiger partial charge in [0.1, 0.15) is 10.2 Å². The molecule has 0 atom stereocenters. The van der Waals surface area contributed by atoms with Gasteiger partial charge in [0.25, 0.3) is 0 Å². The van der Waals surface area contributed by atoms with Crippen LogP contribution in [-0.4, -0.2) is 18.2 Å². The topological polar surface area (TPSA) is 40.6 Å². The Morgan fingerprint density at radius 1 is 1.28 bits per heavy atom. The summed E-state index contributed by atoms with van der Waals surface area (Å²) in [7, 11) is 0. The molecule has 1 aromatic rings. The summed E-state index contributed by atoms with van der Waals surface area (Å²) in [5.74, 6) is 0.137. The molecule has 8 heteroatoms. The minimum absolute atomic E-state index is 0.137. The first kappa shape index (κ1) is 16.2. The molecule has 0 bridgehead atoms. The third-order valence-electron chi connectivity index (χ3n) is 1.85. The molecular weight excluding hydrogens is 316 g/mol. The average Bonchev–Trinajstić information content (AvgIpc) is 2.26. The second kappa shape index (κ2) is 7.04. The highest BCUT2D eigenvalue weighted by Crippen LogP contribution is 2.50. The van der Waals surface area contributed by atoms with Crippen molar-refractivity contribution in [3.8, 4) is 5.88 Å². The van der Waals surface area contributed by atoms with Crippen LogP contribution in [0.25, 0.3) is 0 Å². The lowest BCUT2D eigenvalue weighted by molar-refractivity contribution is 0.216. The van der Waals surface area contributed by atoms with Gasteiger partial charge in [0.15, 0.2) is 0 Å². The van der Waals surface area contributed by atoms with Gasteiger partial charge in [-0.05, 0) is 32.4 Å². The van der Waals surface area contributed by atoms with E-state index in [9.17, 15) is 0 Å². The highest BCUT2D eigenvalue weighted by Gasteiger charge is 2.24. The van der Waals surface area contributed by atoms with E-state index in [0.29, 0.717) is 23.4 Å². The summed E-state index contributed by atoms with van der Waals surface area (Å²) in [6.45, 7) is 3.30. The Hall–Kier alpha value is 0.1000. The normalized spacial score (nSPS) is 11.6. The summed E-state index contributed by atoms with van der Waals surface area (Å²) in [5.41, 5.74) is 0.759. The van der Waals surface area contributed by atoms with Crippen LogP contribution in [0.4, 0.5) is 0 Å². The average molecular weight is 330 g/mol. The molecule has 0 N–H and O–H groups in total. The predicted molar refractivity (Wildman–Crippen MR) is 77.2 cm³/mol. The van der Waals surface area contributed by atoms with Gasteiger partial charge in [-0.3, -0.25) is 9.05 Å². The maximum Gasteiger partial charge on any atom is 0.381 e. The molecule has 0 aliphatic carbocycles. The molecule has 0 spiro atoms. The highest BCUT2D eigenvalue weighted by molar-refractivity contribution is 8.07. The molecule has 1 heterocycles. The van der Waals surface area contributed by atoms with Crippen molar-refractivity contribution in [2.24, 2.45) is 0 Å². The first-order valence-corrected chi connectivity index (χ1v) is 8.64. The Morgan fingerprint density at radius 2 is 1.83 bits per heavy atom. The monoisotopic (exact) mass is 329 g/mol. The van der Waals surface area contributed by atoms with E-state index >= 15 is 0 Å². The quantitative estimate of drug-likeness (QED) is 0.572. The molecule has 18 heavy (non-hydrogen) atoms. The fourth-order valence-corrected chi connectivity index (χ4v) is 3.56. The number of aryl methyl sites for hydroxylation is 1.